The van der Waals surface area contributed by atoms with E-state index < -0.39 is 16.1 Å². The van der Waals surface area contributed by atoms with Gasteiger partial charge in [-0.2, -0.15) is 0 Å². The van der Waals surface area contributed by atoms with E-state index in [9.17, 15) is 18.0 Å². The van der Waals surface area contributed by atoms with Crippen molar-refractivity contribution in [2.24, 2.45) is 0 Å². The zero-order valence-electron chi connectivity index (χ0n) is 13.1. The lowest BCUT2D eigenvalue weighted by molar-refractivity contribution is -0.128. The fourth-order valence-corrected chi connectivity index (χ4v) is 3.01. The molecule has 0 saturated carbocycles. The van der Waals surface area contributed by atoms with E-state index >= 15 is 0 Å². The van der Waals surface area contributed by atoms with E-state index in [2.05, 4.69) is 10.0 Å². The van der Waals surface area contributed by atoms with Crippen molar-refractivity contribution in [3.05, 3.63) is 18.2 Å². The van der Waals surface area contributed by atoms with Crippen LogP contribution in [-0.4, -0.2) is 51.9 Å². The van der Waals surface area contributed by atoms with Crippen molar-refractivity contribution < 1.29 is 22.7 Å². The van der Waals surface area contributed by atoms with Crippen LogP contribution in [0.25, 0.3) is 0 Å². The third kappa shape index (κ3) is 3.99. The molecule has 0 unspecified atom stereocenters. The van der Waals surface area contributed by atoms with Gasteiger partial charge in [-0.25, -0.2) is 13.1 Å². The topological polar surface area (TPSA) is 105 Å². The van der Waals surface area contributed by atoms with Gasteiger partial charge in [-0.05, 0) is 25.1 Å². The van der Waals surface area contributed by atoms with Crippen LogP contribution in [0.3, 0.4) is 0 Å². The normalized spacial score (nSPS) is 17.0. The molecule has 0 saturated heterocycles. The summed E-state index contributed by atoms with van der Waals surface area (Å²) in [5.74, 6) is -0.0942. The van der Waals surface area contributed by atoms with Crippen LogP contribution in [0.2, 0.25) is 0 Å². The number of sulfonamides is 1. The highest BCUT2D eigenvalue weighted by atomic mass is 32.2. The Balaban J connectivity index is 2.10. The Morgan fingerprint density at radius 3 is 2.74 bits per heavy atom. The van der Waals surface area contributed by atoms with Crippen molar-refractivity contribution in [1.29, 1.82) is 0 Å². The summed E-state index contributed by atoms with van der Waals surface area (Å²) in [6.07, 6.45) is -0.561. The Hall–Kier alpha value is -2.13. The summed E-state index contributed by atoms with van der Waals surface area (Å²) in [5, 5.41) is 2.59. The number of hydrogen-bond acceptors (Lipinski definition) is 5. The first kappa shape index (κ1) is 17.2. The number of benzene rings is 1. The molecule has 0 bridgehead atoms. The molecule has 8 nitrogen and oxygen atoms in total. The molecule has 0 aliphatic carbocycles. The molecule has 1 aliphatic heterocycles. The third-order valence-corrected chi connectivity index (χ3v) is 4.78. The SMILES string of the molecule is C[C@@H]1Oc2ccc(S(=O)(=O)NCCC(=O)N(C)C)cc2NC1=O. The molecule has 23 heavy (non-hydrogen) atoms. The number of carbonyl (C=O) groups excluding carboxylic acids is 2. The number of rotatable bonds is 5. The monoisotopic (exact) mass is 341 g/mol. The molecular weight excluding hydrogens is 322 g/mol. The lowest BCUT2D eigenvalue weighted by atomic mass is 10.2. The number of hydrogen-bond donors (Lipinski definition) is 2. The van der Waals surface area contributed by atoms with Crippen LogP contribution >= 0.6 is 0 Å². The number of nitrogens with zero attached hydrogens (tertiary/aromatic N) is 1. The Morgan fingerprint density at radius 2 is 2.09 bits per heavy atom. The molecule has 2 N–H and O–H groups in total. The highest BCUT2D eigenvalue weighted by Crippen LogP contribution is 2.31. The fourth-order valence-electron chi connectivity index (χ4n) is 1.95. The number of anilines is 1. The van der Waals surface area contributed by atoms with Crippen LogP contribution in [0.1, 0.15) is 13.3 Å². The van der Waals surface area contributed by atoms with E-state index in [0.717, 1.165) is 0 Å². The van der Waals surface area contributed by atoms with Crippen molar-refractivity contribution in [3.63, 3.8) is 0 Å². The molecule has 1 aromatic carbocycles. The highest BCUT2D eigenvalue weighted by Gasteiger charge is 2.25. The molecule has 9 heteroatoms. The Labute approximate surface area is 134 Å². The van der Waals surface area contributed by atoms with E-state index in [-0.39, 0.29) is 29.7 Å². The minimum atomic E-state index is -3.77. The summed E-state index contributed by atoms with van der Waals surface area (Å²) in [5.41, 5.74) is 0.306. The van der Waals surface area contributed by atoms with Gasteiger partial charge in [-0.15, -0.1) is 0 Å². The van der Waals surface area contributed by atoms with Gasteiger partial charge in [0.2, 0.25) is 15.9 Å². The molecule has 0 aromatic heterocycles. The lowest BCUT2D eigenvalue weighted by Gasteiger charge is -2.23. The molecule has 1 aliphatic rings. The van der Waals surface area contributed by atoms with Gasteiger partial charge in [0.1, 0.15) is 5.75 Å². The van der Waals surface area contributed by atoms with Gasteiger partial charge in [0.15, 0.2) is 6.10 Å². The summed E-state index contributed by atoms with van der Waals surface area (Å²) >= 11 is 0. The van der Waals surface area contributed by atoms with Crippen molar-refractivity contribution in [1.82, 2.24) is 9.62 Å². The van der Waals surface area contributed by atoms with Crippen LogP contribution in [0, 0.1) is 0 Å². The Morgan fingerprint density at radius 1 is 1.39 bits per heavy atom. The zero-order valence-corrected chi connectivity index (χ0v) is 13.9. The smallest absolute Gasteiger partial charge is 0.265 e. The maximum absolute atomic E-state index is 12.2. The summed E-state index contributed by atoms with van der Waals surface area (Å²) < 4.78 is 32.2. The zero-order chi connectivity index (χ0) is 17.2. The van der Waals surface area contributed by atoms with E-state index in [1.54, 1.807) is 21.0 Å². The number of nitrogens with one attached hydrogen (secondary N) is 2. The first-order chi connectivity index (χ1) is 10.7. The second-order valence-corrected chi connectivity index (χ2v) is 7.11. The van der Waals surface area contributed by atoms with E-state index in [4.69, 9.17) is 4.74 Å². The molecule has 126 valence electrons. The van der Waals surface area contributed by atoms with Gasteiger partial charge in [-0.1, -0.05) is 0 Å². The molecule has 1 aromatic rings. The van der Waals surface area contributed by atoms with Crippen LogP contribution in [0.15, 0.2) is 23.1 Å². The number of ether oxygens (including phenoxy) is 1. The Bertz CT molecular complexity index is 730. The second kappa shape index (κ2) is 6.55. The van der Waals surface area contributed by atoms with E-state index in [1.807, 2.05) is 0 Å². The maximum Gasteiger partial charge on any atom is 0.265 e. The van der Waals surface area contributed by atoms with Crippen molar-refractivity contribution in [2.45, 2.75) is 24.3 Å². The summed E-state index contributed by atoms with van der Waals surface area (Å²) in [4.78, 5) is 24.4. The van der Waals surface area contributed by atoms with Crippen molar-refractivity contribution in [2.75, 3.05) is 26.0 Å². The highest BCUT2D eigenvalue weighted by molar-refractivity contribution is 7.89. The summed E-state index contributed by atoms with van der Waals surface area (Å²) in [6, 6.07) is 4.21. The third-order valence-electron chi connectivity index (χ3n) is 3.32. The molecule has 0 radical (unpaired) electrons. The molecule has 0 spiro atoms. The maximum atomic E-state index is 12.2. The summed E-state index contributed by atoms with van der Waals surface area (Å²) in [7, 11) is -0.571. The lowest BCUT2D eigenvalue weighted by Crippen LogP contribution is -2.34. The van der Waals surface area contributed by atoms with Crippen LogP contribution in [0.5, 0.6) is 5.75 Å². The largest absolute Gasteiger partial charge is 0.479 e. The van der Waals surface area contributed by atoms with Gasteiger partial charge in [-0.3, -0.25) is 9.59 Å². The predicted octanol–water partition coefficient (Wildman–Crippen LogP) is 0.163. The first-order valence-corrected chi connectivity index (χ1v) is 8.50. The summed E-state index contributed by atoms with van der Waals surface area (Å²) in [6.45, 7) is 1.60. The standard InChI is InChI=1S/C14H19N3O5S/c1-9-14(19)16-11-8-10(4-5-12(11)22-9)23(20,21)15-7-6-13(18)17(2)3/h4-5,8-9,15H,6-7H2,1-3H3,(H,16,19)/t9-/m0/s1. The Kier molecular flexibility index (Phi) is 4.90. The van der Waals surface area contributed by atoms with Gasteiger partial charge in [0, 0.05) is 27.1 Å². The minimum absolute atomic E-state index is 0.00365. The molecule has 2 amide bonds. The molecule has 2 rings (SSSR count). The average molecular weight is 341 g/mol. The van der Waals surface area contributed by atoms with Gasteiger partial charge in [0.25, 0.3) is 5.91 Å². The van der Waals surface area contributed by atoms with E-state index in [0.29, 0.717) is 11.4 Å². The molecular formula is C14H19N3O5S. The van der Waals surface area contributed by atoms with Crippen molar-refractivity contribution in [3.8, 4) is 5.75 Å². The quantitative estimate of drug-likeness (QED) is 0.794. The molecule has 1 heterocycles. The molecule has 0 fully saturated rings. The van der Waals surface area contributed by atoms with Gasteiger partial charge < -0.3 is 15.0 Å². The molecule has 1 atom stereocenters. The average Bonchev–Trinajstić information content (AvgIpc) is 2.47. The van der Waals surface area contributed by atoms with Crippen LogP contribution in [0.4, 0.5) is 5.69 Å². The van der Waals surface area contributed by atoms with Gasteiger partial charge in [0.05, 0.1) is 10.6 Å². The predicted molar refractivity (Wildman–Crippen MR) is 83.7 cm³/mol. The minimum Gasteiger partial charge on any atom is -0.479 e. The van der Waals surface area contributed by atoms with Gasteiger partial charge >= 0.3 is 0 Å². The van der Waals surface area contributed by atoms with Crippen LogP contribution < -0.4 is 14.8 Å². The van der Waals surface area contributed by atoms with E-state index in [1.165, 1.54) is 23.1 Å². The number of carbonyl (C=O) groups is 2. The first-order valence-electron chi connectivity index (χ1n) is 7.02. The number of amides is 2. The van der Waals surface area contributed by atoms with Crippen molar-refractivity contribution >= 4 is 27.5 Å². The second-order valence-electron chi connectivity index (χ2n) is 5.34. The number of fused-ring (bicyclic) bond motifs is 1. The fraction of sp³-hybridized carbons (Fsp3) is 0.429. The van der Waals surface area contributed by atoms with Crippen LogP contribution in [-0.2, 0) is 19.6 Å².